The van der Waals surface area contributed by atoms with Crippen LogP contribution in [-0.4, -0.2) is 30.6 Å². The zero-order valence-electron chi connectivity index (χ0n) is 12.1. The molecule has 0 saturated carbocycles. The normalized spacial score (nSPS) is 17.8. The van der Waals surface area contributed by atoms with Gasteiger partial charge in [0.25, 0.3) is 0 Å². The number of hydrogen-bond acceptors (Lipinski definition) is 2. The quantitative estimate of drug-likeness (QED) is 0.886. The molecule has 1 fully saturated rings. The molecule has 0 aromatic heterocycles. The van der Waals surface area contributed by atoms with Crippen molar-refractivity contribution >= 4 is 11.6 Å². The van der Waals surface area contributed by atoms with Crippen LogP contribution in [0, 0.1) is 6.92 Å². The monoisotopic (exact) mass is 280 g/mol. The van der Waals surface area contributed by atoms with E-state index in [1.165, 1.54) is 44.5 Å². The summed E-state index contributed by atoms with van der Waals surface area (Å²) in [5.41, 5.74) is 2.44. The van der Waals surface area contributed by atoms with Gasteiger partial charge in [-0.25, -0.2) is 0 Å². The van der Waals surface area contributed by atoms with Gasteiger partial charge in [-0.2, -0.15) is 0 Å². The highest BCUT2D eigenvalue weighted by atomic mass is 35.5. The van der Waals surface area contributed by atoms with Crippen molar-refractivity contribution in [3.8, 4) is 0 Å². The van der Waals surface area contributed by atoms with Crippen LogP contribution in [-0.2, 0) is 6.54 Å². The summed E-state index contributed by atoms with van der Waals surface area (Å²) in [6, 6.07) is 7.01. The fraction of sp³-hybridized carbons (Fsp3) is 0.625. The van der Waals surface area contributed by atoms with E-state index in [4.69, 9.17) is 11.6 Å². The van der Waals surface area contributed by atoms with Gasteiger partial charge in [-0.15, -0.1) is 0 Å². The van der Waals surface area contributed by atoms with Crippen LogP contribution >= 0.6 is 11.6 Å². The number of nitrogens with zero attached hydrogens (tertiary/aromatic N) is 1. The second-order valence-corrected chi connectivity index (χ2v) is 5.99. The molecule has 0 spiro atoms. The van der Waals surface area contributed by atoms with Gasteiger partial charge in [0.05, 0.1) is 0 Å². The Labute approximate surface area is 122 Å². The van der Waals surface area contributed by atoms with E-state index in [9.17, 15) is 0 Å². The van der Waals surface area contributed by atoms with Crippen molar-refractivity contribution in [2.24, 2.45) is 0 Å². The lowest BCUT2D eigenvalue weighted by atomic mass is 10.0. The molecule has 0 amide bonds. The summed E-state index contributed by atoms with van der Waals surface area (Å²) >= 11 is 6.15. The largest absolute Gasteiger partial charge is 0.310 e. The number of hydrogen-bond donors (Lipinski definition) is 1. The Morgan fingerprint density at radius 1 is 1.32 bits per heavy atom. The smallest absolute Gasteiger partial charge is 0.0438 e. The number of rotatable bonds is 5. The molecule has 0 aliphatic carbocycles. The molecule has 106 valence electrons. The average molecular weight is 281 g/mol. The van der Waals surface area contributed by atoms with Gasteiger partial charge >= 0.3 is 0 Å². The number of likely N-dealkylation sites (tertiary alicyclic amines) is 1. The maximum Gasteiger partial charge on any atom is 0.0438 e. The summed E-state index contributed by atoms with van der Waals surface area (Å²) < 4.78 is 0. The molecule has 1 aromatic rings. The summed E-state index contributed by atoms with van der Waals surface area (Å²) in [5, 5.41) is 4.53. The molecule has 2 nitrogen and oxygen atoms in total. The van der Waals surface area contributed by atoms with Crippen LogP contribution in [0.1, 0.15) is 37.3 Å². The van der Waals surface area contributed by atoms with E-state index in [2.05, 4.69) is 35.3 Å². The third-order valence-electron chi connectivity index (χ3n) is 3.96. The topological polar surface area (TPSA) is 15.3 Å². The van der Waals surface area contributed by atoms with E-state index in [0.29, 0.717) is 6.04 Å². The molecule has 0 atom stereocenters. The van der Waals surface area contributed by atoms with Gasteiger partial charge in [-0.3, -0.25) is 0 Å². The lowest BCUT2D eigenvalue weighted by Gasteiger charge is -2.32. The molecule has 1 heterocycles. The summed E-state index contributed by atoms with van der Waals surface area (Å²) in [5.74, 6) is 0. The summed E-state index contributed by atoms with van der Waals surface area (Å²) in [4.78, 5) is 2.57. The maximum absolute atomic E-state index is 6.15. The Kier molecular flexibility index (Phi) is 5.68. The highest BCUT2D eigenvalue weighted by Crippen LogP contribution is 2.17. The molecule has 1 aliphatic rings. The van der Waals surface area contributed by atoms with Crippen LogP contribution in [0.2, 0.25) is 5.02 Å². The highest BCUT2D eigenvalue weighted by molar-refractivity contribution is 6.31. The zero-order chi connectivity index (χ0) is 13.7. The highest BCUT2D eigenvalue weighted by Gasteiger charge is 2.17. The molecular formula is C16H25ClN2. The number of halogens is 1. The van der Waals surface area contributed by atoms with Gasteiger partial charge in [-0.1, -0.05) is 30.7 Å². The predicted octanol–water partition coefficient (Wildman–Crippen LogP) is 3.61. The van der Waals surface area contributed by atoms with Crippen LogP contribution in [0.3, 0.4) is 0 Å². The minimum absolute atomic E-state index is 0.660. The summed E-state index contributed by atoms with van der Waals surface area (Å²) in [6.07, 6.45) is 3.79. The second-order valence-electron chi connectivity index (χ2n) is 5.58. The van der Waals surface area contributed by atoms with Gasteiger partial charge in [0.1, 0.15) is 0 Å². The lowest BCUT2D eigenvalue weighted by molar-refractivity contribution is 0.197. The molecule has 1 saturated heterocycles. The van der Waals surface area contributed by atoms with Gasteiger partial charge in [0.2, 0.25) is 0 Å². The molecule has 0 bridgehead atoms. The number of piperidine rings is 1. The lowest BCUT2D eigenvalue weighted by Crippen LogP contribution is -2.42. The number of aryl methyl sites for hydroxylation is 1. The first-order valence-corrected chi connectivity index (χ1v) is 7.77. The Balaban J connectivity index is 1.75. The van der Waals surface area contributed by atoms with Crippen molar-refractivity contribution in [1.82, 2.24) is 10.2 Å². The van der Waals surface area contributed by atoms with Gasteiger partial charge < -0.3 is 10.2 Å². The van der Waals surface area contributed by atoms with Crippen molar-refractivity contribution in [3.63, 3.8) is 0 Å². The summed E-state index contributed by atoms with van der Waals surface area (Å²) in [7, 11) is 0. The SMILES string of the molecule is CCCN1CCC(NCc2ccc(C)c(Cl)c2)CC1. The minimum atomic E-state index is 0.660. The van der Waals surface area contributed by atoms with Crippen LogP contribution < -0.4 is 5.32 Å². The van der Waals surface area contributed by atoms with E-state index in [-0.39, 0.29) is 0 Å². The second kappa shape index (κ2) is 7.28. The van der Waals surface area contributed by atoms with E-state index in [1.807, 2.05) is 6.92 Å². The van der Waals surface area contributed by atoms with E-state index in [1.54, 1.807) is 0 Å². The van der Waals surface area contributed by atoms with Crippen molar-refractivity contribution in [2.45, 2.75) is 45.7 Å². The first-order valence-electron chi connectivity index (χ1n) is 7.40. The molecule has 1 N–H and O–H groups in total. The van der Waals surface area contributed by atoms with E-state index < -0.39 is 0 Å². The number of benzene rings is 1. The van der Waals surface area contributed by atoms with Crippen LogP contribution in [0.15, 0.2) is 18.2 Å². The molecule has 19 heavy (non-hydrogen) atoms. The Morgan fingerprint density at radius 3 is 2.68 bits per heavy atom. The van der Waals surface area contributed by atoms with Crippen molar-refractivity contribution in [3.05, 3.63) is 34.3 Å². The number of nitrogens with one attached hydrogen (secondary N) is 1. The average Bonchev–Trinajstić information content (AvgIpc) is 2.42. The van der Waals surface area contributed by atoms with Gasteiger partial charge in [0.15, 0.2) is 0 Å². The molecule has 0 radical (unpaired) electrons. The van der Waals surface area contributed by atoms with Crippen molar-refractivity contribution < 1.29 is 0 Å². The fourth-order valence-electron chi connectivity index (χ4n) is 2.69. The van der Waals surface area contributed by atoms with Gasteiger partial charge in [-0.05, 0) is 63.0 Å². The van der Waals surface area contributed by atoms with E-state index >= 15 is 0 Å². The standard InChI is InChI=1S/C16H25ClN2/c1-3-8-19-9-6-15(7-10-19)18-12-14-5-4-13(2)16(17)11-14/h4-5,11,15,18H,3,6-10,12H2,1-2H3. The zero-order valence-corrected chi connectivity index (χ0v) is 12.8. The molecule has 1 aromatic carbocycles. The Morgan fingerprint density at radius 2 is 2.05 bits per heavy atom. The maximum atomic E-state index is 6.15. The molecule has 2 rings (SSSR count). The molecular weight excluding hydrogens is 256 g/mol. The summed E-state index contributed by atoms with van der Waals surface area (Å²) in [6.45, 7) is 8.95. The van der Waals surface area contributed by atoms with Crippen LogP contribution in [0.5, 0.6) is 0 Å². The molecule has 3 heteroatoms. The third-order valence-corrected chi connectivity index (χ3v) is 4.37. The first kappa shape index (κ1) is 14.8. The van der Waals surface area contributed by atoms with Crippen LogP contribution in [0.4, 0.5) is 0 Å². The third kappa shape index (κ3) is 4.48. The van der Waals surface area contributed by atoms with Crippen molar-refractivity contribution in [2.75, 3.05) is 19.6 Å². The minimum Gasteiger partial charge on any atom is -0.310 e. The van der Waals surface area contributed by atoms with Gasteiger partial charge in [0, 0.05) is 17.6 Å². The Hall–Kier alpha value is -0.570. The van der Waals surface area contributed by atoms with Crippen LogP contribution in [0.25, 0.3) is 0 Å². The molecule has 1 aliphatic heterocycles. The molecule has 0 unspecified atom stereocenters. The first-order chi connectivity index (χ1) is 9.19. The Bertz CT molecular complexity index is 398. The van der Waals surface area contributed by atoms with Crippen molar-refractivity contribution in [1.29, 1.82) is 0 Å². The predicted molar refractivity (Wildman–Crippen MR) is 82.8 cm³/mol. The van der Waals surface area contributed by atoms with E-state index in [0.717, 1.165) is 17.1 Å². The fourth-order valence-corrected chi connectivity index (χ4v) is 2.89.